The van der Waals surface area contributed by atoms with Crippen LogP contribution in [-0.2, 0) is 6.42 Å². The summed E-state index contributed by atoms with van der Waals surface area (Å²) < 4.78 is 0. The van der Waals surface area contributed by atoms with E-state index in [0.717, 1.165) is 35.4 Å². The second-order valence-electron chi connectivity index (χ2n) is 5.32. The van der Waals surface area contributed by atoms with E-state index in [1.807, 2.05) is 18.2 Å². The van der Waals surface area contributed by atoms with E-state index in [-0.39, 0.29) is 24.8 Å². The molecule has 1 N–H and O–H groups in total. The first kappa shape index (κ1) is 18.5. The molecule has 0 aliphatic heterocycles. The Morgan fingerprint density at radius 3 is 2.36 bits per heavy atom. The number of nitrogens with zero attached hydrogens (tertiary/aromatic N) is 2. The molecule has 0 atom stereocenters. The summed E-state index contributed by atoms with van der Waals surface area (Å²) in [4.78, 5) is 10.4. The highest BCUT2D eigenvalue weighted by Gasteiger charge is 2.08. The fraction of sp³-hybridized carbons (Fsp3) is 0.235. The molecule has 0 saturated heterocycles. The molecule has 5 heteroatoms. The zero-order valence-corrected chi connectivity index (χ0v) is 14.4. The molecule has 22 heavy (non-hydrogen) atoms. The van der Waals surface area contributed by atoms with Gasteiger partial charge in [-0.3, -0.25) is 0 Å². The van der Waals surface area contributed by atoms with Crippen LogP contribution in [0.1, 0.15) is 5.56 Å². The van der Waals surface area contributed by atoms with Gasteiger partial charge in [0.05, 0.1) is 11.0 Å². The number of hydrogen-bond donors (Lipinski definition) is 1. The highest BCUT2D eigenvalue weighted by molar-refractivity contribution is 5.85. The van der Waals surface area contributed by atoms with Gasteiger partial charge in [-0.1, -0.05) is 42.5 Å². The molecule has 0 bridgehead atoms. The average Bonchev–Trinajstić information content (AvgIpc) is 2.90. The van der Waals surface area contributed by atoms with Crippen LogP contribution in [0.3, 0.4) is 0 Å². The van der Waals surface area contributed by atoms with Crippen molar-refractivity contribution in [3.8, 4) is 11.4 Å². The first-order valence-corrected chi connectivity index (χ1v) is 6.92. The van der Waals surface area contributed by atoms with Crippen molar-refractivity contribution in [3.05, 3.63) is 54.1 Å². The van der Waals surface area contributed by atoms with Gasteiger partial charge in [-0.25, -0.2) is 4.98 Å². The van der Waals surface area contributed by atoms with E-state index in [4.69, 9.17) is 4.98 Å². The Morgan fingerprint density at radius 1 is 0.955 bits per heavy atom. The van der Waals surface area contributed by atoms with Crippen molar-refractivity contribution in [1.82, 2.24) is 14.9 Å². The van der Waals surface area contributed by atoms with Crippen LogP contribution in [-0.4, -0.2) is 35.5 Å². The molecule has 0 aliphatic carbocycles. The van der Waals surface area contributed by atoms with Gasteiger partial charge < -0.3 is 9.88 Å². The van der Waals surface area contributed by atoms with Crippen LogP contribution < -0.4 is 0 Å². The SMILES string of the molecule is CN(C)CCc1cccc2[nH]c(-c3ccccc3)nc12.Cl.Cl. The van der Waals surface area contributed by atoms with Gasteiger partial charge in [0.25, 0.3) is 0 Å². The maximum atomic E-state index is 4.79. The molecule has 2 aromatic carbocycles. The highest BCUT2D eigenvalue weighted by atomic mass is 35.5. The Bertz CT molecular complexity index is 708. The molecule has 0 aliphatic rings. The van der Waals surface area contributed by atoms with Crippen molar-refractivity contribution in [2.24, 2.45) is 0 Å². The third-order valence-corrected chi connectivity index (χ3v) is 3.47. The van der Waals surface area contributed by atoms with Crippen molar-refractivity contribution in [3.63, 3.8) is 0 Å². The summed E-state index contributed by atoms with van der Waals surface area (Å²) in [6, 6.07) is 16.6. The lowest BCUT2D eigenvalue weighted by Crippen LogP contribution is -2.15. The van der Waals surface area contributed by atoms with Gasteiger partial charge in [0.15, 0.2) is 0 Å². The number of benzene rings is 2. The summed E-state index contributed by atoms with van der Waals surface area (Å²) in [7, 11) is 4.19. The summed E-state index contributed by atoms with van der Waals surface area (Å²) in [5.41, 5.74) is 4.63. The summed E-state index contributed by atoms with van der Waals surface area (Å²) >= 11 is 0. The lowest BCUT2D eigenvalue weighted by molar-refractivity contribution is 0.414. The topological polar surface area (TPSA) is 31.9 Å². The van der Waals surface area contributed by atoms with Crippen molar-refractivity contribution in [2.75, 3.05) is 20.6 Å². The molecule has 0 fully saturated rings. The standard InChI is InChI=1S/C17H19N3.2ClH/c1-20(2)12-11-13-9-6-10-15-16(13)19-17(18-15)14-7-4-3-5-8-14;;/h3-10H,11-12H2,1-2H3,(H,18,19);2*1H. The van der Waals surface area contributed by atoms with E-state index < -0.39 is 0 Å². The maximum absolute atomic E-state index is 4.79. The number of hydrogen-bond acceptors (Lipinski definition) is 2. The van der Waals surface area contributed by atoms with E-state index in [1.54, 1.807) is 0 Å². The second-order valence-corrected chi connectivity index (χ2v) is 5.32. The van der Waals surface area contributed by atoms with Gasteiger partial charge in [-0.2, -0.15) is 0 Å². The lowest BCUT2D eigenvalue weighted by atomic mass is 10.1. The lowest BCUT2D eigenvalue weighted by Gasteiger charge is -2.09. The van der Waals surface area contributed by atoms with Crippen LogP contribution in [0, 0.1) is 0 Å². The number of nitrogens with one attached hydrogen (secondary N) is 1. The van der Waals surface area contributed by atoms with Crippen LogP contribution in [0.25, 0.3) is 22.4 Å². The minimum Gasteiger partial charge on any atom is -0.338 e. The van der Waals surface area contributed by atoms with E-state index in [1.165, 1.54) is 5.56 Å². The van der Waals surface area contributed by atoms with Crippen LogP contribution in [0.2, 0.25) is 0 Å². The van der Waals surface area contributed by atoms with Gasteiger partial charge >= 0.3 is 0 Å². The van der Waals surface area contributed by atoms with E-state index in [0.29, 0.717) is 0 Å². The van der Waals surface area contributed by atoms with E-state index in [2.05, 4.69) is 54.3 Å². The minimum atomic E-state index is 0. The highest BCUT2D eigenvalue weighted by Crippen LogP contribution is 2.23. The molecule has 3 nitrogen and oxygen atoms in total. The van der Waals surface area contributed by atoms with Crippen LogP contribution in [0.4, 0.5) is 0 Å². The molecular weight excluding hydrogens is 317 g/mol. The number of halogens is 2. The number of likely N-dealkylation sites (N-methyl/N-ethyl adjacent to an activating group) is 1. The smallest absolute Gasteiger partial charge is 0.138 e. The largest absolute Gasteiger partial charge is 0.338 e. The molecular formula is C17H21Cl2N3. The van der Waals surface area contributed by atoms with Gasteiger partial charge in [0.1, 0.15) is 5.82 Å². The minimum absolute atomic E-state index is 0. The number of para-hydroxylation sites is 1. The number of imidazole rings is 1. The van der Waals surface area contributed by atoms with Crippen molar-refractivity contribution in [1.29, 1.82) is 0 Å². The molecule has 0 radical (unpaired) electrons. The quantitative estimate of drug-likeness (QED) is 0.774. The summed E-state index contributed by atoms with van der Waals surface area (Å²) in [5.74, 6) is 0.943. The first-order chi connectivity index (χ1) is 9.74. The van der Waals surface area contributed by atoms with Crippen LogP contribution in [0.15, 0.2) is 48.5 Å². The fourth-order valence-electron chi connectivity index (χ4n) is 2.37. The molecule has 0 saturated carbocycles. The summed E-state index contributed by atoms with van der Waals surface area (Å²) in [6.45, 7) is 1.03. The Hall–Kier alpha value is -1.55. The number of aromatic nitrogens is 2. The molecule has 1 heterocycles. The molecule has 118 valence electrons. The van der Waals surface area contributed by atoms with E-state index >= 15 is 0 Å². The number of rotatable bonds is 4. The molecule has 0 spiro atoms. The first-order valence-electron chi connectivity index (χ1n) is 6.92. The van der Waals surface area contributed by atoms with Gasteiger partial charge in [0, 0.05) is 12.1 Å². The van der Waals surface area contributed by atoms with Crippen molar-refractivity contribution >= 4 is 35.8 Å². The normalized spacial score (nSPS) is 10.3. The molecule has 3 rings (SSSR count). The zero-order chi connectivity index (χ0) is 13.9. The maximum Gasteiger partial charge on any atom is 0.138 e. The van der Waals surface area contributed by atoms with Gasteiger partial charge in [-0.15, -0.1) is 24.8 Å². The number of H-pyrrole nitrogens is 1. The Morgan fingerprint density at radius 2 is 1.68 bits per heavy atom. The second kappa shape index (κ2) is 8.18. The fourth-order valence-corrected chi connectivity index (χ4v) is 2.37. The number of aromatic amines is 1. The predicted octanol–water partition coefficient (Wildman–Crippen LogP) is 4.18. The van der Waals surface area contributed by atoms with Crippen LogP contribution >= 0.6 is 24.8 Å². The van der Waals surface area contributed by atoms with E-state index in [9.17, 15) is 0 Å². The Balaban J connectivity index is 0.00000121. The van der Waals surface area contributed by atoms with Crippen molar-refractivity contribution in [2.45, 2.75) is 6.42 Å². The van der Waals surface area contributed by atoms with Crippen molar-refractivity contribution < 1.29 is 0 Å². The molecule has 0 unspecified atom stereocenters. The average molecular weight is 338 g/mol. The monoisotopic (exact) mass is 337 g/mol. The summed E-state index contributed by atoms with van der Waals surface area (Å²) in [5, 5.41) is 0. The molecule has 1 aromatic heterocycles. The van der Waals surface area contributed by atoms with Gasteiger partial charge in [-0.05, 0) is 32.1 Å². The predicted molar refractivity (Wildman–Crippen MR) is 98.3 cm³/mol. The molecule has 3 aromatic rings. The molecule has 0 amide bonds. The Labute approximate surface area is 143 Å². The van der Waals surface area contributed by atoms with Crippen LogP contribution in [0.5, 0.6) is 0 Å². The third-order valence-electron chi connectivity index (χ3n) is 3.47. The summed E-state index contributed by atoms with van der Waals surface area (Å²) in [6.07, 6.45) is 1.02. The Kier molecular flexibility index (Phi) is 6.88. The zero-order valence-electron chi connectivity index (χ0n) is 12.7. The third kappa shape index (κ3) is 4.01. The number of fused-ring (bicyclic) bond motifs is 1. The van der Waals surface area contributed by atoms with Gasteiger partial charge in [0.2, 0.25) is 0 Å².